The molecule has 1 aliphatic heterocycles. The van der Waals surface area contributed by atoms with Crippen molar-refractivity contribution in [3.63, 3.8) is 0 Å². The largest absolute Gasteiger partial charge is 0.632 e. The minimum absolute atomic E-state index is 0.0229. The summed E-state index contributed by atoms with van der Waals surface area (Å²) in [5.74, 6) is -3.39. The lowest BCUT2D eigenvalue weighted by Gasteiger charge is -2.54. The highest BCUT2D eigenvalue weighted by Crippen LogP contribution is 2.52. The van der Waals surface area contributed by atoms with Gasteiger partial charge in [0.15, 0.2) is 17.9 Å². The first kappa shape index (κ1) is 36.4. The molecule has 3 aliphatic rings. The molecule has 4 N–H and O–H groups in total. The second-order valence-electron chi connectivity index (χ2n) is 14.3. The molecule has 1 saturated heterocycles. The third-order valence-electron chi connectivity index (χ3n) is 10.9. The highest BCUT2D eigenvalue weighted by molar-refractivity contribution is 6.31. The maximum atomic E-state index is 15.1. The highest BCUT2D eigenvalue weighted by Gasteiger charge is 2.51. The van der Waals surface area contributed by atoms with Crippen molar-refractivity contribution < 1.29 is 53.7 Å². The quantitative estimate of drug-likeness (QED) is 0.0933. The SMILES string of the molecule is COc1cccc2c1C(=O)c1c(O)c3c(c(O)c1C2=O)C[C@@](O)(C(C)=O)C[C@H]3O[C@H]1C[C@@H]([N+]([O-])(Cc2ccccc2)Cc2ccccc2)[C@H](O)[C@H](C)O1. The molecule has 0 aromatic heterocycles. The van der Waals surface area contributed by atoms with E-state index in [2.05, 4.69) is 0 Å². The molecule has 12 nitrogen and oxygen atoms in total. The number of hydrogen-bond acceptors (Lipinski definition) is 11. The number of carbonyl (C=O) groups excluding carboxylic acids is 3. The number of hydrogen-bond donors (Lipinski definition) is 4. The van der Waals surface area contributed by atoms with Crippen LogP contribution in [0.2, 0.25) is 0 Å². The molecule has 1 heterocycles. The van der Waals surface area contributed by atoms with Crippen molar-refractivity contribution in [3.05, 3.63) is 129 Å². The van der Waals surface area contributed by atoms with E-state index in [1.807, 2.05) is 60.7 Å². The fraction of sp³-hybridized carbons (Fsp3) is 0.341. The number of carbonyl (C=O) groups is 3. The summed E-state index contributed by atoms with van der Waals surface area (Å²) in [4.78, 5) is 40.8. The maximum Gasteiger partial charge on any atom is 0.202 e. The molecule has 1 fully saturated rings. The van der Waals surface area contributed by atoms with Gasteiger partial charge in [-0.1, -0.05) is 72.8 Å². The van der Waals surface area contributed by atoms with E-state index in [9.17, 15) is 34.8 Å². The van der Waals surface area contributed by atoms with Gasteiger partial charge < -0.3 is 44.5 Å². The zero-order chi connectivity index (χ0) is 37.8. The van der Waals surface area contributed by atoms with E-state index < -0.39 is 93.7 Å². The molecule has 53 heavy (non-hydrogen) atoms. The number of hydroxylamine groups is 3. The van der Waals surface area contributed by atoms with Gasteiger partial charge in [-0.2, -0.15) is 0 Å². The Morgan fingerprint density at radius 1 is 0.906 bits per heavy atom. The molecule has 0 amide bonds. The van der Waals surface area contributed by atoms with Gasteiger partial charge in [0.05, 0.1) is 42.4 Å². The van der Waals surface area contributed by atoms with E-state index in [-0.39, 0.29) is 47.5 Å². The summed E-state index contributed by atoms with van der Waals surface area (Å²) in [6, 6.07) is 21.9. The van der Waals surface area contributed by atoms with Crippen molar-refractivity contribution in [2.24, 2.45) is 0 Å². The van der Waals surface area contributed by atoms with E-state index in [4.69, 9.17) is 14.2 Å². The number of rotatable bonds is 9. The molecule has 6 atom stereocenters. The van der Waals surface area contributed by atoms with Crippen LogP contribution in [0.3, 0.4) is 0 Å². The third kappa shape index (κ3) is 6.31. The number of aromatic hydroxyl groups is 2. The van der Waals surface area contributed by atoms with E-state index in [1.165, 1.54) is 32.2 Å². The predicted octanol–water partition coefficient (Wildman–Crippen LogP) is 4.79. The number of phenols is 2. The van der Waals surface area contributed by atoms with Gasteiger partial charge in [0, 0.05) is 40.7 Å². The smallest absolute Gasteiger partial charge is 0.202 e. The summed E-state index contributed by atoms with van der Waals surface area (Å²) in [6.45, 7) is 2.83. The van der Waals surface area contributed by atoms with Crippen molar-refractivity contribution in [3.8, 4) is 17.2 Å². The first-order valence-electron chi connectivity index (χ1n) is 17.5. The van der Waals surface area contributed by atoms with Crippen LogP contribution in [0.1, 0.15) is 86.9 Å². The second-order valence-corrected chi connectivity index (χ2v) is 14.3. The summed E-state index contributed by atoms with van der Waals surface area (Å²) in [7, 11) is 1.34. The zero-order valence-electron chi connectivity index (χ0n) is 29.5. The molecule has 0 spiro atoms. The number of benzene rings is 4. The summed E-state index contributed by atoms with van der Waals surface area (Å²) in [5.41, 5.74) is -1.85. The van der Waals surface area contributed by atoms with Crippen LogP contribution in [0, 0.1) is 5.21 Å². The number of phenolic OH excluding ortho intramolecular Hbond substituents is 2. The molecule has 4 aromatic carbocycles. The molecule has 2 aliphatic carbocycles. The number of nitrogens with zero attached hydrogens (tertiary/aromatic N) is 1. The van der Waals surface area contributed by atoms with Gasteiger partial charge in [0.25, 0.3) is 0 Å². The Bertz CT molecular complexity index is 2040. The summed E-state index contributed by atoms with van der Waals surface area (Å²) < 4.78 is 17.1. The van der Waals surface area contributed by atoms with Gasteiger partial charge in [-0.05, 0) is 19.9 Å². The number of ether oxygens (including phenoxy) is 3. The van der Waals surface area contributed by atoms with Crippen molar-refractivity contribution >= 4 is 17.3 Å². The number of aliphatic hydroxyl groups excluding tert-OH is 1. The van der Waals surface area contributed by atoms with Crippen LogP contribution in [-0.4, -0.2) is 79.7 Å². The molecular formula is C41H41NO11. The first-order valence-corrected chi connectivity index (χ1v) is 17.5. The minimum atomic E-state index is -2.10. The van der Waals surface area contributed by atoms with Crippen LogP contribution in [0.15, 0.2) is 78.9 Å². The molecule has 0 unspecified atom stereocenters. The van der Waals surface area contributed by atoms with Crippen LogP contribution in [0.5, 0.6) is 17.2 Å². The number of Topliss-reactive ketones (excluding diaryl/α,β-unsaturated/α-hetero) is 1. The Balaban J connectivity index is 1.30. The number of ketones is 3. The van der Waals surface area contributed by atoms with Gasteiger partial charge in [0.2, 0.25) is 5.78 Å². The van der Waals surface area contributed by atoms with Gasteiger partial charge in [0.1, 0.15) is 48.1 Å². The number of methoxy groups -OCH3 is 1. The zero-order valence-corrected chi connectivity index (χ0v) is 29.5. The Labute approximate surface area is 306 Å². The minimum Gasteiger partial charge on any atom is -0.632 e. The monoisotopic (exact) mass is 723 g/mol. The van der Waals surface area contributed by atoms with Crippen molar-refractivity contribution in [2.75, 3.05) is 7.11 Å². The molecule has 7 rings (SSSR count). The van der Waals surface area contributed by atoms with Gasteiger partial charge in [-0.15, -0.1) is 0 Å². The fourth-order valence-corrected chi connectivity index (χ4v) is 8.14. The standard InChI is InChI=1S/C41H41NO11/c1-22-36(44)28(42(50,20-24-11-6-4-7-12-24)21-25-13-8-5-9-14-25)17-31(52-22)53-30-19-41(49,23(2)43)18-27-33(30)40(48)35-34(38(27)46)37(45)26-15-10-16-29(51-3)32(26)39(35)47/h4-16,22,28,30-31,36,44,46,48-49H,17-21H2,1-3H3/t22-,28+,30+,31-,36+,41-/m0/s1. The van der Waals surface area contributed by atoms with Crippen molar-refractivity contribution in [1.29, 1.82) is 0 Å². The molecule has 0 radical (unpaired) electrons. The molecular weight excluding hydrogens is 682 g/mol. The van der Waals surface area contributed by atoms with E-state index in [1.54, 1.807) is 6.92 Å². The fourth-order valence-electron chi connectivity index (χ4n) is 8.14. The summed E-state index contributed by atoms with van der Waals surface area (Å²) >= 11 is 0. The second kappa shape index (κ2) is 13.8. The Kier molecular flexibility index (Phi) is 9.48. The van der Waals surface area contributed by atoms with Crippen LogP contribution < -0.4 is 4.74 Å². The van der Waals surface area contributed by atoms with Crippen LogP contribution in [-0.2, 0) is 33.8 Å². The average molecular weight is 724 g/mol. The third-order valence-corrected chi connectivity index (χ3v) is 10.9. The number of aliphatic hydroxyl groups is 2. The molecule has 4 aromatic rings. The lowest BCUT2D eigenvalue weighted by Crippen LogP contribution is -2.62. The van der Waals surface area contributed by atoms with Gasteiger partial charge in [-0.25, -0.2) is 0 Å². The normalized spacial score (nSPS) is 25.3. The predicted molar refractivity (Wildman–Crippen MR) is 190 cm³/mol. The summed E-state index contributed by atoms with van der Waals surface area (Å²) in [5, 5.41) is 61.8. The van der Waals surface area contributed by atoms with Gasteiger partial charge in [-0.3, -0.25) is 14.4 Å². The first-order chi connectivity index (χ1) is 25.3. The lowest BCUT2D eigenvalue weighted by atomic mass is 9.72. The molecule has 276 valence electrons. The van der Waals surface area contributed by atoms with Crippen LogP contribution in [0.4, 0.5) is 0 Å². The topological polar surface area (TPSA) is 183 Å². The van der Waals surface area contributed by atoms with Crippen molar-refractivity contribution in [2.45, 2.75) is 82.4 Å². The highest BCUT2D eigenvalue weighted by atomic mass is 16.7. The van der Waals surface area contributed by atoms with Crippen LogP contribution in [0.25, 0.3) is 0 Å². The van der Waals surface area contributed by atoms with Crippen molar-refractivity contribution in [1.82, 2.24) is 0 Å². The molecule has 12 heteroatoms. The maximum absolute atomic E-state index is 15.1. The average Bonchev–Trinajstić information content (AvgIpc) is 3.13. The Hall–Kier alpha value is -4.95. The van der Waals surface area contributed by atoms with E-state index in [0.29, 0.717) is 0 Å². The van der Waals surface area contributed by atoms with Crippen LogP contribution >= 0.6 is 0 Å². The molecule has 0 bridgehead atoms. The number of quaternary nitrogens is 1. The molecule has 0 saturated carbocycles. The number of fused-ring (bicyclic) bond motifs is 3. The van der Waals surface area contributed by atoms with E-state index in [0.717, 1.165) is 11.1 Å². The van der Waals surface area contributed by atoms with Gasteiger partial charge >= 0.3 is 0 Å². The Morgan fingerprint density at radius 3 is 2.09 bits per heavy atom. The summed E-state index contributed by atoms with van der Waals surface area (Å²) in [6.07, 6.45) is -5.70. The Morgan fingerprint density at radius 2 is 1.51 bits per heavy atom. The van der Waals surface area contributed by atoms with E-state index >= 15 is 5.21 Å². The lowest BCUT2D eigenvalue weighted by molar-refractivity contribution is -0.937.